The van der Waals surface area contributed by atoms with Crippen LogP contribution in [0.2, 0.25) is 0 Å². The number of hydrogen-bond donors (Lipinski definition) is 4. The molecular formula is C37H73NO4. The molecule has 0 saturated carbocycles. The lowest BCUT2D eigenvalue weighted by atomic mass is 10.0. The number of allylic oxidation sites excluding steroid dienone is 1. The molecule has 0 spiro atoms. The Bertz CT molecular complexity index is 582. The van der Waals surface area contributed by atoms with Gasteiger partial charge in [-0.25, -0.2) is 0 Å². The molecule has 0 bridgehead atoms. The van der Waals surface area contributed by atoms with Crippen LogP contribution in [0.5, 0.6) is 0 Å². The maximum atomic E-state index is 12.4. The Morgan fingerprint density at radius 1 is 0.571 bits per heavy atom. The van der Waals surface area contributed by atoms with Crippen molar-refractivity contribution in [2.24, 2.45) is 0 Å². The third kappa shape index (κ3) is 27.9. The normalized spacial score (nSPS) is 13.9. The summed E-state index contributed by atoms with van der Waals surface area (Å²) in [6.07, 6.45) is 36.6. The van der Waals surface area contributed by atoms with Gasteiger partial charge in [0.2, 0.25) is 5.91 Å². The zero-order valence-corrected chi connectivity index (χ0v) is 28.1. The van der Waals surface area contributed by atoms with Crippen molar-refractivity contribution in [3.8, 4) is 0 Å². The minimum Gasteiger partial charge on any atom is -0.394 e. The number of carbonyl (C=O) groups is 1. The average molecular weight is 596 g/mol. The first-order chi connectivity index (χ1) is 20.6. The third-order valence-electron chi connectivity index (χ3n) is 8.63. The molecule has 5 nitrogen and oxygen atoms in total. The Morgan fingerprint density at radius 3 is 1.31 bits per heavy atom. The number of amides is 1. The molecule has 0 rings (SSSR count). The Balaban J connectivity index is 3.64. The molecule has 0 fully saturated rings. The topological polar surface area (TPSA) is 89.8 Å². The second kappa shape index (κ2) is 33.0. The molecule has 0 heterocycles. The van der Waals surface area contributed by atoms with Gasteiger partial charge < -0.3 is 20.6 Å². The number of carbonyl (C=O) groups excluding carboxylic acids is 1. The molecule has 42 heavy (non-hydrogen) atoms. The van der Waals surface area contributed by atoms with Crippen molar-refractivity contribution in [1.82, 2.24) is 5.32 Å². The van der Waals surface area contributed by atoms with Crippen LogP contribution in [0.4, 0.5) is 0 Å². The molecule has 0 radical (unpaired) electrons. The lowest BCUT2D eigenvalue weighted by Gasteiger charge is -2.21. The molecule has 3 atom stereocenters. The molecule has 0 aromatic carbocycles. The van der Waals surface area contributed by atoms with E-state index in [0.717, 1.165) is 32.1 Å². The van der Waals surface area contributed by atoms with E-state index >= 15 is 0 Å². The highest BCUT2D eigenvalue weighted by molar-refractivity contribution is 5.80. The SMILES string of the molecule is CCCCCCCCC/C=C/C(O)C(CO)NC(=O)C(O)CCCCCCCCCCCCCCCCCCCCC. The van der Waals surface area contributed by atoms with E-state index in [0.29, 0.717) is 6.42 Å². The van der Waals surface area contributed by atoms with Crippen molar-refractivity contribution in [2.45, 2.75) is 212 Å². The van der Waals surface area contributed by atoms with E-state index in [1.54, 1.807) is 6.08 Å². The summed E-state index contributed by atoms with van der Waals surface area (Å²) in [6.45, 7) is 4.14. The van der Waals surface area contributed by atoms with Gasteiger partial charge in [0.25, 0.3) is 0 Å². The van der Waals surface area contributed by atoms with Gasteiger partial charge in [-0.1, -0.05) is 187 Å². The quantitative estimate of drug-likeness (QED) is 0.0449. The maximum Gasteiger partial charge on any atom is 0.249 e. The van der Waals surface area contributed by atoms with Crippen molar-refractivity contribution >= 4 is 5.91 Å². The van der Waals surface area contributed by atoms with Crippen molar-refractivity contribution in [2.75, 3.05) is 6.61 Å². The van der Waals surface area contributed by atoms with Crippen LogP contribution >= 0.6 is 0 Å². The summed E-state index contributed by atoms with van der Waals surface area (Å²) in [5.41, 5.74) is 0. The second-order valence-electron chi connectivity index (χ2n) is 12.8. The summed E-state index contributed by atoms with van der Waals surface area (Å²) in [5.74, 6) is -0.504. The predicted octanol–water partition coefficient (Wildman–Crippen LogP) is 9.70. The fourth-order valence-electron chi connectivity index (χ4n) is 5.65. The molecule has 0 aliphatic rings. The fourth-order valence-corrected chi connectivity index (χ4v) is 5.65. The summed E-state index contributed by atoms with van der Waals surface area (Å²) in [7, 11) is 0. The predicted molar refractivity (Wildman–Crippen MR) is 181 cm³/mol. The van der Waals surface area contributed by atoms with E-state index < -0.39 is 24.2 Å². The summed E-state index contributed by atoms with van der Waals surface area (Å²) >= 11 is 0. The van der Waals surface area contributed by atoms with Gasteiger partial charge >= 0.3 is 0 Å². The summed E-state index contributed by atoms with van der Waals surface area (Å²) in [5, 5.41) is 32.8. The first-order valence-corrected chi connectivity index (χ1v) is 18.5. The molecule has 4 N–H and O–H groups in total. The Labute approximate surface area is 261 Å². The molecule has 0 aromatic rings. The number of aliphatic hydroxyl groups is 3. The highest BCUT2D eigenvalue weighted by Gasteiger charge is 2.22. The fraction of sp³-hybridized carbons (Fsp3) is 0.919. The summed E-state index contributed by atoms with van der Waals surface area (Å²) < 4.78 is 0. The van der Waals surface area contributed by atoms with Gasteiger partial charge in [-0.15, -0.1) is 0 Å². The van der Waals surface area contributed by atoms with Crippen LogP contribution in [0, 0.1) is 0 Å². The second-order valence-corrected chi connectivity index (χ2v) is 12.8. The average Bonchev–Trinajstić information content (AvgIpc) is 2.99. The number of hydrogen-bond acceptors (Lipinski definition) is 4. The molecule has 250 valence electrons. The molecule has 0 aromatic heterocycles. The summed E-state index contributed by atoms with van der Waals surface area (Å²) in [6, 6.07) is -0.789. The van der Waals surface area contributed by atoms with Crippen LogP contribution in [-0.4, -0.2) is 46.1 Å². The lowest BCUT2D eigenvalue weighted by molar-refractivity contribution is -0.131. The monoisotopic (exact) mass is 596 g/mol. The molecule has 5 heteroatoms. The number of nitrogens with one attached hydrogen (secondary N) is 1. The van der Waals surface area contributed by atoms with E-state index in [9.17, 15) is 20.1 Å². The van der Waals surface area contributed by atoms with Crippen LogP contribution in [0.1, 0.15) is 194 Å². The number of unbranched alkanes of at least 4 members (excludes halogenated alkanes) is 25. The van der Waals surface area contributed by atoms with Crippen molar-refractivity contribution in [1.29, 1.82) is 0 Å². The molecule has 3 unspecified atom stereocenters. The van der Waals surface area contributed by atoms with Crippen LogP contribution in [0.15, 0.2) is 12.2 Å². The third-order valence-corrected chi connectivity index (χ3v) is 8.63. The van der Waals surface area contributed by atoms with Gasteiger partial charge in [0, 0.05) is 0 Å². The van der Waals surface area contributed by atoms with Crippen molar-refractivity contribution < 1.29 is 20.1 Å². The maximum absolute atomic E-state index is 12.4. The van der Waals surface area contributed by atoms with Crippen LogP contribution < -0.4 is 5.32 Å². The smallest absolute Gasteiger partial charge is 0.249 e. The zero-order valence-electron chi connectivity index (χ0n) is 28.1. The van der Waals surface area contributed by atoms with E-state index in [-0.39, 0.29) is 6.61 Å². The molecule has 0 aliphatic carbocycles. The van der Waals surface area contributed by atoms with Crippen molar-refractivity contribution in [3.05, 3.63) is 12.2 Å². The minimum absolute atomic E-state index is 0.360. The van der Waals surface area contributed by atoms with Crippen molar-refractivity contribution in [3.63, 3.8) is 0 Å². The van der Waals surface area contributed by atoms with Crippen LogP contribution in [0.25, 0.3) is 0 Å². The molecular weight excluding hydrogens is 522 g/mol. The minimum atomic E-state index is -1.09. The highest BCUT2D eigenvalue weighted by Crippen LogP contribution is 2.15. The van der Waals surface area contributed by atoms with Gasteiger partial charge in [-0.05, 0) is 19.3 Å². The van der Waals surface area contributed by atoms with E-state index in [1.807, 2.05) is 6.08 Å². The first kappa shape index (κ1) is 41.1. The zero-order chi connectivity index (χ0) is 30.9. The standard InChI is InChI=1S/C37H73NO4/c1-3-5-7-9-11-13-14-15-16-17-18-19-20-21-22-24-26-28-30-32-36(41)37(42)38-34(33-39)35(40)31-29-27-25-23-12-10-8-6-4-2/h29,31,34-36,39-41H,3-28,30,32-33H2,1-2H3,(H,38,42)/b31-29+. The van der Waals surface area contributed by atoms with E-state index in [4.69, 9.17) is 0 Å². The van der Waals surface area contributed by atoms with E-state index in [2.05, 4.69) is 19.2 Å². The number of aliphatic hydroxyl groups excluding tert-OH is 3. The Kier molecular flexibility index (Phi) is 32.3. The largest absolute Gasteiger partial charge is 0.394 e. The summed E-state index contributed by atoms with van der Waals surface area (Å²) in [4.78, 5) is 12.4. The lowest BCUT2D eigenvalue weighted by Crippen LogP contribution is -2.48. The van der Waals surface area contributed by atoms with Crippen LogP contribution in [-0.2, 0) is 4.79 Å². The number of rotatable bonds is 33. The van der Waals surface area contributed by atoms with Crippen LogP contribution in [0.3, 0.4) is 0 Å². The molecule has 1 amide bonds. The van der Waals surface area contributed by atoms with Gasteiger partial charge in [-0.2, -0.15) is 0 Å². The highest BCUT2D eigenvalue weighted by atomic mass is 16.3. The van der Waals surface area contributed by atoms with Gasteiger partial charge in [0.1, 0.15) is 6.10 Å². The van der Waals surface area contributed by atoms with E-state index in [1.165, 1.54) is 141 Å². The van der Waals surface area contributed by atoms with Gasteiger partial charge in [0.15, 0.2) is 0 Å². The Hall–Kier alpha value is -0.910. The van der Waals surface area contributed by atoms with Gasteiger partial charge in [-0.3, -0.25) is 4.79 Å². The molecule has 0 aliphatic heterocycles. The Morgan fingerprint density at radius 2 is 0.929 bits per heavy atom. The molecule has 0 saturated heterocycles. The first-order valence-electron chi connectivity index (χ1n) is 18.5. The van der Waals surface area contributed by atoms with Gasteiger partial charge in [0.05, 0.1) is 18.8 Å².